The zero-order chi connectivity index (χ0) is 11.1. The number of likely N-dealkylation sites (N-methyl/N-ethyl adjacent to an activating group) is 1. The number of rotatable bonds is 6. The molecule has 0 fully saturated rings. The minimum absolute atomic E-state index is 0.0584. The average Bonchev–Trinajstić information content (AvgIpc) is 2.63. The van der Waals surface area contributed by atoms with Crippen LogP contribution < -0.4 is 10.6 Å². The van der Waals surface area contributed by atoms with E-state index < -0.39 is 0 Å². The molecular formula is C11H19N3O. The van der Waals surface area contributed by atoms with Gasteiger partial charge >= 0.3 is 0 Å². The van der Waals surface area contributed by atoms with Crippen molar-refractivity contribution in [1.82, 2.24) is 15.2 Å². The van der Waals surface area contributed by atoms with Crippen LogP contribution in [0.2, 0.25) is 0 Å². The Morgan fingerprint density at radius 1 is 1.40 bits per heavy atom. The van der Waals surface area contributed by atoms with E-state index >= 15 is 0 Å². The van der Waals surface area contributed by atoms with Crippen LogP contribution in [0.4, 0.5) is 0 Å². The predicted molar refractivity (Wildman–Crippen MR) is 60.5 cm³/mol. The van der Waals surface area contributed by atoms with Crippen molar-refractivity contribution < 1.29 is 4.79 Å². The molecule has 4 heteroatoms. The van der Waals surface area contributed by atoms with E-state index in [9.17, 15) is 4.79 Å². The molecule has 0 saturated carbocycles. The summed E-state index contributed by atoms with van der Waals surface area (Å²) in [7, 11) is 0. The first-order valence-electron chi connectivity index (χ1n) is 5.38. The predicted octanol–water partition coefficient (Wildman–Crippen LogP) is 0.734. The van der Waals surface area contributed by atoms with Crippen molar-refractivity contribution in [3.63, 3.8) is 0 Å². The molecule has 1 aromatic rings. The van der Waals surface area contributed by atoms with Crippen LogP contribution in [0.5, 0.6) is 0 Å². The average molecular weight is 209 g/mol. The van der Waals surface area contributed by atoms with Crippen LogP contribution in [-0.2, 0) is 17.9 Å². The molecule has 0 spiro atoms. The molecule has 0 aliphatic carbocycles. The van der Waals surface area contributed by atoms with Crippen molar-refractivity contribution in [2.45, 2.75) is 26.9 Å². The van der Waals surface area contributed by atoms with Crippen LogP contribution in [0.25, 0.3) is 0 Å². The summed E-state index contributed by atoms with van der Waals surface area (Å²) in [4.78, 5) is 11.3. The zero-order valence-corrected chi connectivity index (χ0v) is 9.42. The van der Waals surface area contributed by atoms with E-state index in [0.717, 1.165) is 13.1 Å². The first kappa shape index (κ1) is 11.8. The highest BCUT2D eigenvalue weighted by atomic mass is 16.1. The van der Waals surface area contributed by atoms with Crippen LogP contribution in [-0.4, -0.2) is 23.6 Å². The van der Waals surface area contributed by atoms with E-state index in [1.54, 1.807) is 0 Å². The smallest absolute Gasteiger partial charge is 0.239 e. The molecule has 15 heavy (non-hydrogen) atoms. The molecule has 1 heterocycles. The summed E-state index contributed by atoms with van der Waals surface area (Å²) >= 11 is 0. The molecular weight excluding hydrogens is 190 g/mol. The summed E-state index contributed by atoms with van der Waals surface area (Å²) < 4.78 is 1.90. The molecule has 0 unspecified atom stereocenters. The fourth-order valence-electron chi connectivity index (χ4n) is 1.38. The number of carbonyl (C=O) groups is 1. The molecule has 0 atom stereocenters. The van der Waals surface area contributed by atoms with Crippen LogP contribution in [0.1, 0.15) is 19.4 Å². The molecule has 1 rings (SSSR count). The number of aromatic nitrogens is 1. The van der Waals surface area contributed by atoms with Gasteiger partial charge in [0.25, 0.3) is 0 Å². The Hall–Kier alpha value is -1.29. The Morgan fingerprint density at radius 2 is 2.20 bits per heavy atom. The molecule has 1 amide bonds. The van der Waals surface area contributed by atoms with Crippen molar-refractivity contribution in [2.24, 2.45) is 0 Å². The van der Waals surface area contributed by atoms with Gasteiger partial charge < -0.3 is 15.2 Å². The van der Waals surface area contributed by atoms with Crippen molar-refractivity contribution >= 4 is 5.91 Å². The fraction of sp³-hybridized carbons (Fsp3) is 0.545. The van der Waals surface area contributed by atoms with Gasteiger partial charge in [-0.25, -0.2) is 0 Å². The van der Waals surface area contributed by atoms with Gasteiger partial charge in [-0.2, -0.15) is 0 Å². The van der Waals surface area contributed by atoms with Gasteiger partial charge in [-0.1, -0.05) is 6.92 Å². The summed E-state index contributed by atoms with van der Waals surface area (Å²) in [6, 6.07) is 2.03. The van der Waals surface area contributed by atoms with Crippen LogP contribution in [0.15, 0.2) is 18.5 Å². The lowest BCUT2D eigenvalue weighted by atomic mass is 10.3. The third kappa shape index (κ3) is 4.16. The molecule has 1 aromatic heterocycles. The van der Waals surface area contributed by atoms with Gasteiger partial charge in [-0.3, -0.25) is 4.79 Å². The molecule has 0 aliphatic rings. The third-order valence-electron chi connectivity index (χ3n) is 2.09. The number of nitrogens with zero attached hydrogens (tertiary/aromatic N) is 1. The zero-order valence-electron chi connectivity index (χ0n) is 9.42. The Morgan fingerprint density at radius 3 is 2.87 bits per heavy atom. The summed E-state index contributed by atoms with van der Waals surface area (Å²) in [6.07, 6.45) is 3.93. The maximum atomic E-state index is 11.3. The van der Waals surface area contributed by atoms with Gasteiger partial charge in [0.05, 0.1) is 0 Å². The van der Waals surface area contributed by atoms with E-state index in [1.165, 1.54) is 5.56 Å². The molecule has 0 aromatic carbocycles. The van der Waals surface area contributed by atoms with Gasteiger partial charge in [0.15, 0.2) is 0 Å². The minimum atomic E-state index is 0.0584. The highest BCUT2D eigenvalue weighted by Crippen LogP contribution is 2.00. The first-order valence-corrected chi connectivity index (χ1v) is 5.38. The Balaban J connectivity index is 2.42. The first-order chi connectivity index (χ1) is 7.26. The number of carbonyl (C=O) groups excluding carboxylic acids is 1. The molecule has 84 valence electrons. The SMILES string of the molecule is CCNCc1ccn(CC(=O)NCC)c1. The molecule has 4 nitrogen and oxygen atoms in total. The Labute approximate surface area is 90.7 Å². The maximum absolute atomic E-state index is 11.3. The lowest BCUT2D eigenvalue weighted by Crippen LogP contribution is -2.26. The van der Waals surface area contributed by atoms with Crippen LogP contribution in [0, 0.1) is 0 Å². The minimum Gasteiger partial charge on any atom is -0.355 e. The van der Waals surface area contributed by atoms with Crippen LogP contribution in [0.3, 0.4) is 0 Å². The lowest BCUT2D eigenvalue weighted by molar-refractivity contribution is -0.121. The van der Waals surface area contributed by atoms with Gasteiger partial charge in [0.2, 0.25) is 5.91 Å². The monoisotopic (exact) mass is 209 g/mol. The Kier molecular flexibility index (Phi) is 4.90. The molecule has 0 saturated heterocycles. The fourth-order valence-corrected chi connectivity index (χ4v) is 1.38. The Bertz CT molecular complexity index is 307. The molecule has 0 aliphatic heterocycles. The van der Waals surface area contributed by atoms with E-state index in [-0.39, 0.29) is 5.91 Å². The third-order valence-corrected chi connectivity index (χ3v) is 2.09. The summed E-state index contributed by atoms with van der Waals surface area (Å²) in [5, 5.41) is 6.01. The van der Waals surface area contributed by atoms with E-state index in [2.05, 4.69) is 17.6 Å². The summed E-state index contributed by atoms with van der Waals surface area (Å²) in [5.74, 6) is 0.0584. The van der Waals surface area contributed by atoms with Gasteiger partial charge in [-0.15, -0.1) is 0 Å². The maximum Gasteiger partial charge on any atom is 0.239 e. The molecule has 2 N–H and O–H groups in total. The second kappa shape index (κ2) is 6.24. The van der Waals surface area contributed by atoms with Crippen molar-refractivity contribution in [3.05, 3.63) is 24.0 Å². The topological polar surface area (TPSA) is 46.1 Å². The summed E-state index contributed by atoms with van der Waals surface area (Å²) in [5.41, 5.74) is 1.21. The van der Waals surface area contributed by atoms with Crippen molar-refractivity contribution in [2.75, 3.05) is 13.1 Å². The van der Waals surface area contributed by atoms with E-state index in [4.69, 9.17) is 0 Å². The molecule has 0 radical (unpaired) electrons. The van der Waals surface area contributed by atoms with E-state index in [1.807, 2.05) is 30.0 Å². The second-order valence-corrected chi connectivity index (χ2v) is 3.43. The highest BCUT2D eigenvalue weighted by molar-refractivity contribution is 5.75. The van der Waals surface area contributed by atoms with Gasteiger partial charge in [-0.05, 0) is 25.1 Å². The van der Waals surface area contributed by atoms with Crippen molar-refractivity contribution in [1.29, 1.82) is 0 Å². The number of amides is 1. The quantitative estimate of drug-likeness (QED) is 0.725. The van der Waals surface area contributed by atoms with Crippen LogP contribution >= 0.6 is 0 Å². The second-order valence-electron chi connectivity index (χ2n) is 3.43. The number of hydrogen-bond donors (Lipinski definition) is 2. The number of nitrogens with one attached hydrogen (secondary N) is 2. The normalized spacial score (nSPS) is 10.3. The van der Waals surface area contributed by atoms with Crippen molar-refractivity contribution in [3.8, 4) is 0 Å². The standard InChI is InChI=1S/C11H19N3O/c1-3-12-7-10-5-6-14(8-10)9-11(15)13-4-2/h5-6,8,12H,3-4,7,9H2,1-2H3,(H,13,15). The summed E-state index contributed by atoms with van der Waals surface area (Å²) in [6.45, 7) is 6.90. The van der Waals surface area contributed by atoms with E-state index in [0.29, 0.717) is 13.1 Å². The van der Waals surface area contributed by atoms with Gasteiger partial charge in [0, 0.05) is 25.5 Å². The largest absolute Gasteiger partial charge is 0.355 e. The lowest BCUT2D eigenvalue weighted by Gasteiger charge is -2.03. The highest BCUT2D eigenvalue weighted by Gasteiger charge is 2.01. The number of hydrogen-bond acceptors (Lipinski definition) is 2. The molecule has 0 bridgehead atoms. The van der Waals surface area contributed by atoms with Gasteiger partial charge in [0.1, 0.15) is 6.54 Å².